The van der Waals surface area contributed by atoms with Crippen LogP contribution in [-0.2, 0) is 14.8 Å². The van der Waals surface area contributed by atoms with Gasteiger partial charge in [-0.25, -0.2) is 12.7 Å². The van der Waals surface area contributed by atoms with Gasteiger partial charge in [-0.1, -0.05) is 26.2 Å². The van der Waals surface area contributed by atoms with E-state index in [0.29, 0.717) is 25.9 Å². The fraction of sp³-hybridized carbons (Fsp3) is 0.938. The molecule has 0 radical (unpaired) electrons. The van der Waals surface area contributed by atoms with E-state index in [-0.39, 0.29) is 17.1 Å². The van der Waals surface area contributed by atoms with Gasteiger partial charge in [0, 0.05) is 19.6 Å². The molecule has 132 valence electrons. The molecule has 3 aliphatic rings. The SMILES string of the molecule is CCCN1C(=O)C2(CCCCC2)NC12CCN(S(C)(=O)=O)CC2. The van der Waals surface area contributed by atoms with Crippen molar-refractivity contribution in [2.24, 2.45) is 0 Å². The lowest BCUT2D eigenvalue weighted by molar-refractivity contribution is -0.136. The second-order valence-corrected chi connectivity index (χ2v) is 9.40. The molecule has 0 aromatic carbocycles. The summed E-state index contributed by atoms with van der Waals surface area (Å²) in [6.45, 7) is 3.84. The molecule has 2 spiro atoms. The third-order valence-corrected chi connectivity index (χ3v) is 7.12. The fourth-order valence-electron chi connectivity index (χ4n) is 4.64. The Morgan fingerprint density at radius 1 is 1.09 bits per heavy atom. The van der Waals surface area contributed by atoms with E-state index in [2.05, 4.69) is 12.2 Å². The van der Waals surface area contributed by atoms with Crippen LogP contribution >= 0.6 is 0 Å². The van der Waals surface area contributed by atoms with Crippen molar-refractivity contribution in [3.63, 3.8) is 0 Å². The number of hydrogen-bond acceptors (Lipinski definition) is 4. The van der Waals surface area contributed by atoms with Crippen molar-refractivity contribution in [1.82, 2.24) is 14.5 Å². The van der Waals surface area contributed by atoms with Crippen molar-refractivity contribution < 1.29 is 13.2 Å². The maximum atomic E-state index is 13.2. The van der Waals surface area contributed by atoms with Crippen LogP contribution in [0.25, 0.3) is 0 Å². The maximum Gasteiger partial charge on any atom is 0.244 e. The van der Waals surface area contributed by atoms with Crippen molar-refractivity contribution in [1.29, 1.82) is 0 Å². The number of piperidine rings is 1. The van der Waals surface area contributed by atoms with Gasteiger partial charge in [-0.3, -0.25) is 10.1 Å². The van der Waals surface area contributed by atoms with Gasteiger partial charge in [-0.2, -0.15) is 0 Å². The molecule has 23 heavy (non-hydrogen) atoms. The molecule has 3 rings (SSSR count). The van der Waals surface area contributed by atoms with Crippen LogP contribution in [0.15, 0.2) is 0 Å². The van der Waals surface area contributed by atoms with Crippen molar-refractivity contribution >= 4 is 15.9 Å². The molecule has 6 nitrogen and oxygen atoms in total. The fourth-order valence-corrected chi connectivity index (χ4v) is 5.48. The van der Waals surface area contributed by atoms with E-state index in [1.54, 1.807) is 4.31 Å². The summed E-state index contributed by atoms with van der Waals surface area (Å²) in [6, 6.07) is 0. The third kappa shape index (κ3) is 2.91. The summed E-state index contributed by atoms with van der Waals surface area (Å²) in [5.41, 5.74) is -0.730. The van der Waals surface area contributed by atoms with Crippen LogP contribution in [0.1, 0.15) is 58.3 Å². The standard InChI is InChI=1S/C16H29N3O3S/c1-3-11-19-14(20)15(7-5-4-6-8-15)17-16(19)9-12-18(13-10-16)23(2,21)22/h17H,3-13H2,1-2H3. The first-order valence-corrected chi connectivity index (χ1v) is 10.7. The molecule has 1 amide bonds. The minimum absolute atomic E-state index is 0.256. The Hall–Kier alpha value is -0.660. The lowest BCUT2D eigenvalue weighted by atomic mass is 9.81. The average molecular weight is 343 g/mol. The number of nitrogens with one attached hydrogen (secondary N) is 1. The third-order valence-electron chi connectivity index (χ3n) is 5.82. The minimum Gasteiger partial charge on any atom is -0.323 e. The predicted molar refractivity (Wildman–Crippen MR) is 89.3 cm³/mol. The summed E-state index contributed by atoms with van der Waals surface area (Å²) in [7, 11) is -3.15. The highest BCUT2D eigenvalue weighted by molar-refractivity contribution is 7.88. The van der Waals surface area contributed by atoms with Gasteiger partial charge in [0.05, 0.1) is 17.5 Å². The highest BCUT2D eigenvalue weighted by atomic mass is 32.2. The van der Waals surface area contributed by atoms with Crippen molar-refractivity contribution in [3.05, 3.63) is 0 Å². The van der Waals surface area contributed by atoms with Crippen molar-refractivity contribution in [3.8, 4) is 0 Å². The zero-order valence-electron chi connectivity index (χ0n) is 14.3. The monoisotopic (exact) mass is 343 g/mol. The van der Waals surface area contributed by atoms with E-state index < -0.39 is 10.0 Å². The first-order valence-electron chi connectivity index (χ1n) is 8.90. The molecule has 0 aromatic rings. The van der Waals surface area contributed by atoms with E-state index in [1.807, 2.05) is 4.90 Å². The molecule has 7 heteroatoms. The van der Waals surface area contributed by atoms with E-state index in [1.165, 1.54) is 12.7 Å². The van der Waals surface area contributed by atoms with Gasteiger partial charge >= 0.3 is 0 Å². The van der Waals surface area contributed by atoms with Crippen LogP contribution in [0.4, 0.5) is 0 Å². The normalized spacial score (nSPS) is 27.9. The van der Waals surface area contributed by atoms with Gasteiger partial charge in [0.15, 0.2) is 0 Å². The first kappa shape index (κ1) is 17.2. The van der Waals surface area contributed by atoms with Gasteiger partial charge in [0.2, 0.25) is 15.9 Å². The lowest BCUT2D eigenvalue weighted by Crippen LogP contribution is -2.60. The van der Waals surface area contributed by atoms with Crippen LogP contribution in [0.3, 0.4) is 0 Å². The average Bonchev–Trinajstić information content (AvgIpc) is 2.71. The summed E-state index contributed by atoms with van der Waals surface area (Å²) in [6.07, 6.45) is 8.83. The van der Waals surface area contributed by atoms with Gasteiger partial charge < -0.3 is 4.90 Å². The molecule has 0 atom stereocenters. The summed E-state index contributed by atoms with van der Waals surface area (Å²) >= 11 is 0. The highest BCUT2D eigenvalue weighted by Crippen LogP contribution is 2.43. The zero-order chi connectivity index (χ0) is 16.7. The number of carbonyl (C=O) groups excluding carboxylic acids is 1. The summed E-state index contributed by atoms with van der Waals surface area (Å²) in [5, 5.41) is 3.73. The summed E-state index contributed by atoms with van der Waals surface area (Å²) in [4.78, 5) is 15.2. The molecule has 0 bridgehead atoms. The Bertz CT molecular complexity index is 561. The number of hydrogen-bond donors (Lipinski definition) is 1. The topological polar surface area (TPSA) is 69.7 Å². The molecule has 1 N–H and O–H groups in total. The molecule has 1 saturated carbocycles. The predicted octanol–water partition coefficient (Wildman–Crippen LogP) is 1.28. The van der Waals surface area contributed by atoms with E-state index in [9.17, 15) is 13.2 Å². The second-order valence-electron chi connectivity index (χ2n) is 7.42. The van der Waals surface area contributed by atoms with E-state index in [0.717, 1.165) is 38.6 Å². The Labute approximate surface area is 139 Å². The molecule has 0 unspecified atom stereocenters. The van der Waals surface area contributed by atoms with Gasteiger partial charge in [0.1, 0.15) is 0 Å². The number of sulfonamides is 1. The van der Waals surface area contributed by atoms with Crippen LogP contribution in [0.5, 0.6) is 0 Å². The molecular formula is C16H29N3O3S. The van der Waals surface area contributed by atoms with Crippen molar-refractivity contribution in [2.75, 3.05) is 25.9 Å². The Kier molecular flexibility index (Phi) is 4.48. The molecule has 1 aliphatic carbocycles. The maximum absolute atomic E-state index is 13.2. The molecule has 3 fully saturated rings. The Balaban J connectivity index is 1.84. The molecule has 0 aromatic heterocycles. The van der Waals surface area contributed by atoms with Gasteiger partial charge in [0.25, 0.3) is 0 Å². The number of carbonyl (C=O) groups is 1. The molecule has 2 saturated heterocycles. The quantitative estimate of drug-likeness (QED) is 0.838. The van der Waals surface area contributed by atoms with Crippen LogP contribution in [0, 0.1) is 0 Å². The summed E-state index contributed by atoms with van der Waals surface area (Å²) < 4.78 is 25.1. The Morgan fingerprint density at radius 2 is 1.70 bits per heavy atom. The van der Waals surface area contributed by atoms with Crippen LogP contribution in [-0.4, -0.2) is 60.6 Å². The first-order chi connectivity index (χ1) is 10.8. The minimum atomic E-state index is -3.15. The number of rotatable bonds is 3. The zero-order valence-corrected chi connectivity index (χ0v) is 15.1. The van der Waals surface area contributed by atoms with Gasteiger partial charge in [-0.15, -0.1) is 0 Å². The Morgan fingerprint density at radius 3 is 2.22 bits per heavy atom. The molecular weight excluding hydrogens is 314 g/mol. The van der Waals surface area contributed by atoms with Gasteiger partial charge in [-0.05, 0) is 32.1 Å². The summed E-state index contributed by atoms with van der Waals surface area (Å²) in [5.74, 6) is 0.256. The van der Waals surface area contributed by atoms with Crippen LogP contribution < -0.4 is 5.32 Å². The second kappa shape index (κ2) is 6.01. The van der Waals surface area contributed by atoms with E-state index >= 15 is 0 Å². The van der Waals surface area contributed by atoms with Crippen LogP contribution in [0.2, 0.25) is 0 Å². The smallest absolute Gasteiger partial charge is 0.244 e. The van der Waals surface area contributed by atoms with Crippen molar-refractivity contribution in [2.45, 2.75) is 69.5 Å². The highest BCUT2D eigenvalue weighted by Gasteiger charge is 2.59. The number of nitrogens with zero attached hydrogens (tertiary/aromatic N) is 2. The lowest BCUT2D eigenvalue weighted by Gasteiger charge is -2.44. The number of amides is 1. The molecule has 2 heterocycles. The largest absolute Gasteiger partial charge is 0.323 e. The van der Waals surface area contributed by atoms with E-state index in [4.69, 9.17) is 0 Å². The molecule has 2 aliphatic heterocycles.